The number of aryl methyl sites for hydroxylation is 1. The molecule has 0 aromatic heterocycles. The van der Waals surface area contributed by atoms with Crippen LogP contribution in [0, 0.1) is 12.8 Å². The van der Waals surface area contributed by atoms with Gasteiger partial charge in [0.25, 0.3) is 0 Å². The first-order valence-corrected chi connectivity index (χ1v) is 9.80. The Labute approximate surface area is 168 Å². The zero-order valence-corrected chi connectivity index (χ0v) is 17.6. The first-order valence-electron chi connectivity index (χ1n) is 9.80. The molecule has 0 aliphatic heterocycles. The van der Waals surface area contributed by atoms with E-state index in [9.17, 15) is 9.90 Å². The van der Waals surface area contributed by atoms with Crippen molar-refractivity contribution in [3.63, 3.8) is 0 Å². The van der Waals surface area contributed by atoms with Crippen molar-refractivity contribution in [3.05, 3.63) is 63.8 Å². The van der Waals surface area contributed by atoms with E-state index in [1.807, 2.05) is 26.1 Å². The van der Waals surface area contributed by atoms with Crippen molar-refractivity contribution in [2.75, 3.05) is 19.3 Å². The van der Waals surface area contributed by atoms with E-state index in [-0.39, 0.29) is 11.7 Å². The number of nitrogens with one attached hydrogen (secondary N) is 1. The number of anilines is 1. The fourth-order valence-corrected chi connectivity index (χ4v) is 3.54. The van der Waals surface area contributed by atoms with Crippen molar-refractivity contribution in [1.82, 2.24) is 5.32 Å². The molecule has 0 saturated carbocycles. The van der Waals surface area contributed by atoms with Gasteiger partial charge in [0, 0.05) is 29.4 Å². The number of nitrogen functional groups attached to an aromatic ring is 1. The maximum atomic E-state index is 11.8. The molecule has 4 nitrogen and oxygen atoms in total. The number of likely N-dealkylation sites (N-methyl/N-ethyl adjacent to an activating group) is 1. The van der Waals surface area contributed by atoms with Crippen LogP contribution in [0.5, 0.6) is 5.75 Å². The summed E-state index contributed by atoms with van der Waals surface area (Å²) in [4.78, 5) is 11.8. The number of hydrogen-bond donors (Lipinski definition) is 3. The number of nitrogens with two attached hydrogens (primary N) is 1. The summed E-state index contributed by atoms with van der Waals surface area (Å²) in [6.07, 6.45) is 8.77. The van der Waals surface area contributed by atoms with Crippen molar-refractivity contribution < 1.29 is 9.90 Å². The summed E-state index contributed by atoms with van der Waals surface area (Å²) in [5.41, 5.74) is 13.0. The Morgan fingerprint density at radius 3 is 2.68 bits per heavy atom. The van der Waals surface area contributed by atoms with E-state index in [0.717, 1.165) is 47.1 Å². The average molecular weight is 381 g/mol. The molecule has 0 radical (unpaired) electrons. The molecule has 0 unspecified atom stereocenters. The molecule has 1 aliphatic carbocycles. The van der Waals surface area contributed by atoms with Crippen molar-refractivity contribution >= 4 is 17.5 Å². The third-order valence-electron chi connectivity index (χ3n) is 5.04. The molecule has 0 amide bonds. The van der Waals surface area contributed by atoms with Gasteiger partial charge in [-0.15, -0.1) is 0 Å². The maximum absolute atomic E-state index is 11.8. The Morgan fingerprint density at radius 2 is 2.07 bits per heavy atom. The van der Waals surface area contributed by atoms with E-state index in [1.165, 1.54) is 5.57 Å². The number of allylic oxidation sites excluding steroid dienone is 7. The van der Waals surface area contributed by atoms with Gasteiger partial charge >= 0.3 is 0 Å². The fourth-order valence-electron chi connectivity index (χ4n) is 3.54. The quantitative estimate of drug-likeness (QED) is 0.364. The minimum absolute atomic E-state index is 0.132. The van der Waals surface area contributed by atoms with E-state index in [0.29, 0.717) is 17.7 Å². The number of rotatable bonds is 7. The average Bonchev–Trinajstić information content (AvgIpc) is 2.65. The van der Waals surface area contributed by atoms with Crippen LogP contribution in [0.15, 0.2) is 52.7 Å². The summed E-state index contributed by atoms with van der Waals surface area (Å²) in [6, 6.07) is 3.52. The van der Waals surface area contributed by atoms with E-state index in [1.54, 1.807) is 6.07 Å². The van der Waals surface area contributed by atoms with Gasteiger partial charge in [0.05, 0.1) is 0 Å². The minimum Gasteiger partial charge on any atom is -0.507 e. The monoisotopic (exact) mass is 380 g/mol. The van der Waals surface area contributed by atoms with E-state index < -0.39 is 0 Å². The van der Waals surface area contributed by atoms with Crippen LogP contribution in [0.3, 0.4) is 0 Å². The van der Waals surface area contributed by atoms with Gasteiger partial charge in [0.15, 0.2) is 0 Å². The van der Waals surface area contributed by atoms with E-state index in [2.05, 4.69) is 38.2 Å². The number of carbonyl (C=O) groups is 1. The van der Waals surface area contributed by atoms with Gasteiger partial charge in [0.2, 0.25) is 0 Å². The molecule has 0 spiro atoms. The van der Waals surface area contributed by atoms with Crippen molar-refractivity contribution in [1.29, 1.82) is 0 Å². The van der Waals surface area contributed by atoms with Crippen molar-refractivity contribution in [3.8, 4) is 5.75 Å². The standard InChI is InChI=1S/C24H32N2O2/c1-15(2)20(10-16(3)13-26-5)24(19-9-7-6-8-18(19)14-27)21-11-17(4)22(25)12-23(21)28/h7,9-12,14-15,26,28H,6,8,13,25H2,1-5H3. The molecule has 1 aromatic rings. The summed E-state index contributed by atoms with van der Waals surface area (Å²) in [6.45, 7) is 9.04. The first-order chi connectivity index (χ1) is 13.3. The molecule has 0 saturated heterocycles. The number of benzene rings is 1. The lowest BCUT2D eigenvalue weighted by Crippen LogP contribution is -2.10. The lowest BCUT2D eigenvalue weighted by atomic mass is 9.81. The highest BCUT2D eigenvalue weighted by Crippen LogP contribution is 2.41. The molecule has 2 rings (SSSR count). The number of aldehydes is 1. The molecule has 0 fully saturated rings. The molecule has 0 heterocycles. The normalized spacial score (nSPS) is 15.9. The fraction of sp³-hybridized carbons (Fsp3) is 0.375. The summed E-state index contributed by atoms with van der Waals surface area (Å²) >= 11 is 0. The molecule has 150 valence electrons. The highest BCUT2D eigenvalue weighted by atomic mass is 16.3. The Kier molecular flexibility index (Phi) is 7.41. The van der Waals surface area contributed by atoms with Crippen LogP contribution in [0.1, 0.15) is 44.7 Å². The molecule has 4 heteroatoms. The Morgan fingerprint density at radius 1 is 1.36 bits per heavy atom. The van der Waals surface area contributed by atoms with Gasteiger partial charge in [-0.3, -0.25) is 4.79 Å². The summed E-state index contributed by atoms with van der Waals surface area (Å²) in [5, 5.41) is 13.9. The van der Waals surface area contributed by atoms with Gasteiger partial charge in [-0.1, -0.05) is 37.6 Å². The zero-order chi connectivity index (χ0) is 20.8. The van der Waals surface area contributed by atoms with Crippen LogP contribution in [0.25, 0.3) is 5.57 Å². The summed E-state index contributed by atoms with van der Waals surface area (Å²) in [5.74, 6) is 0.336. The molecule has 0 atom stereocenters. The predicted octanol–water partition coefficient (Wildman–Crippen LogP) is 4.70. The number of phenols is 1. The number of aromatic hydroxyl groups is 1. The predicted molar refractivity (Wildman–Crippen MR) is 118 cm³/mol. The van der Waals surface area contributed by atoms with Gasteiger partial charge in [-0.2, -0.15) is 0 Å². The lowest BCUT2D eigenvalue weighted by molar-refractivity contribution is -0.105. The molecular weight excluding hydrogens is 348 g/mol. The van der Waals surface area contributed by atoms with Gasteiger partial charge in [0.1, 0.15) is 12.0 Å². The minimum atomic E-state index is 0.132. The van der Waals surface area contributed by atoms with E-state index >= 15 is 0 Å². The molecule has 28 heavy (non-hydrogen) atoms. The Bertz CT molecular complexity index is 871. The van der Waals surface area contributed by atoms with Crippen LogP contribution >= 0.6 is 0 Å². The molecule has 4 N–H and O–H groups in total. The number of phenolic OH excluding ortho intramolecular Hbond substituents is 1. The second-order valence-electron chi connectivity index (χ2n) is 7.73. The molecule has 1 aliphatic rings. The Balaban J connectivity index is 2.91. The highest BCUT2D eigenvalue weighted by Gasteiger charge is 2.22. The van der Waals surface area contributed by atoms with Crippen LogP contribution < -0.4 is 11.1 Å². The van der Waals surface area contributed by atoms with Crippen LogP contribution in [-0.4, -0.2) is 25.0 Å². The lowest BCUT2D eigenvalue weighted by Gasteiger charge is -2.23. The number of hydrogen-bond acceptors (Lipinski definition) is 4. The topological polar surface area (TPSA) is 75.4 Å². The van der Waals surface area contributed by atoms with Gasteiger partial charge in [-0.25, -0.2) is 0 Å². The van der Waals surface area contributed by atoms with Gasteiger partial charge in [-0.05, 0) is 68.0 Å². The summed E-state index contributed by atoms with van der Waals surface area (Å²) < 4.78 is 0. The molecule has 0 bridgehead atoms. The second-order valence-corrected chi connectivity index (χ2v) is 7.73. The summed E-state index contributed by atoms with van der Waals surface area (Å²) in [7, 11) is 1.92. The third-order valence-corrected chi connectivity index (χ3v) is 5.04. The molecule has 1 aromatic carbocycles. The maximum Gasteiger partial charge on any atom is 0.146 e. The van der Waals surface area contributed by atoms with Gasteiger partial charge < -0.3 is 16.2 Å². The Hall–Kier alpha value is -2.59. The first kappa shape index (κ1) is 21.7. The van der Waals surface area contributed by atoms with Crippen molar-refractivity contribution in [2.45, 2.75) is 40.5 Å². The van der Waals surface area contributed by atoms with Crippen LogP contribution in [-0.2, 0) is 4.79 Å². The molecular formula is C24H32N2O2. The van der Waals surface area contributed by atoms with E-state index in [4.69, 9.17) is 5.73 Å². The smallest absolute Gasteiger partial charge is 0.146 e. The largest absolute Gasteiger partial charge is 0.507 e. The highest BCUT2D eigenvalue weighted by molar-refractivity contribution is 5.95. The van der Waals surface area contributed by atoms with Crippen LogP contribution in [0.4, 0.5) is 5.69 Å². The van der Waals surface area contributed by atoms with Crippen LogP contribution in [0.2, 0.25) is 0 Å². The third kappa shape index (κ3) is 4.82. The number of carbonyl (C=O) groups excluding carboxylic acids is 1. The van der Waals surface area contributed by atoms with Crippen molar-refractivity contribution in [2.24, 2.45) is 5.92 Å². The second kappa shape index (κ2) is 9.56. The zero-order valence-electron chi connectivity index (χ0n) is 17.6. The SMILES string of the molecule is CNCC(C)=CC(=C(C1=C(C=O)CCC=C1)c1cc(C)c(N)cc1O)C(C)C.